The van der Waals surface area contributed by atoms with E-state index in [0.29, 0.717) is 0 Å². The Morgan fingerprint density at radius 2 is 1.09 bits per heavy atom. The van der Waals surface area contributed by atoms with Gasteiger partial charge < -0.3 is 5.73 Å². The van der Waals surface area contributed by atoms with E-state index in [-0.39, 0.29) is 10.6 Å². The summed E-state index contributed by atoms with van der Waals surface area (Å²) in [6.45, 7) is 11.6. The maximum atomic E-state index is 10.6. The largest absolute Gasteiger partial charge is 0.398 e. The summed E-state index contributed by atoms with van der Waals surface area (Å²) in [6, 6.07) is 7.85. The van der Waals surface area contributed by atoms with Crippen LogP contribution in [0.15, 0.2) is 24.3 Å². The summed E-state index contributed by atoms with van der Waals surface area (Å²) in [5, 5.41) is 10.6. The van der Waals surface area contributed by atoms with Crippen LogP contribution in [0.25, 0.3) is 0 Å². The fraction of sp³-hybridized carbons (Fsp3) is 0.333. The van der Waals surface area contributed by atoms with Crippen LogP contribution in [-0.2, 0) is 0 Å². The van der Waals surface area contributed by atoms with Gasteiger partial charge in [-0.1, -0.05) is 23.3 Å². The maximum absolute atomic E-state index is 10.6. The molecule has 0 heterocycles. The Labute approximate surface area is 132 Å². The molecule has 0 aliphatic carbocycles. The second-order valence-electron chi connectivity index (χ2n) is 5.82. The topological polar surface area (TPSA) is 69.2 Å². The number of nitro benzene ring substituents is 1. The fourth-order valence-corrected chi connectivity index (χ4v) is 2.65. The van der Waals surface area contributed by atoms with E-state index in [1.807, 2.05) is 32.9 Å². The zero-order valence-electron chi connectivity index (χ0n) is 14.2. The Bertz CT molecular complexity index is 660. The number of nitrogens with two attached hydrogens (primary N) is 1. The molecule has 4 nitrogen and oxygen atoms in total. The van der Waals surface area contributed by atoms with E-state index in [2.05, 4.69) is 19.1 Å². The zero-order valence-corrected chi connectivity index (χ0v) is 14.2. The van der Waals surface area contributed by atoms with E-state index in [1.54, 1.807) is 13.8 Å². The van der Waals surface area contributed by atoms with E-state index in [0.717, 1.165) is 22.4 Å². The number of benzene rings is 2. The molecule has 22 heavy (non-hydrogen) atoms. The molecule has 0 saturated heterocycles. The number of nitro groups is 1. The standard InChI is InChI=1S/C9H11NO2.C9H13N/c1-6-4-7(2)9(10(11)12)8(3)5-6;1-6-4-7(2)9(10)8(3)5-6/h4-5H,1-3H3;4-5H,10H2,1-3H3. The average molecular weight is 300 g/mol. The quantitative estimate of drug-likeness (QED) is 0.471. The number of anilines is 1. The summed E-state index contributed by atoms with van der Waals surface area (Å²) in [5.41, 5.74) is 13.1. The average Bonchev–Trinajstić information content (AvgIpc) is 2.34. The van der Waals surface area contributed by atoms with Gasteiger partial charge >= 0.3 is 0 Å². The molecule has 0 radical (unpaired) electrons. The molecule has 0 amide bonds. The van der Waals surface area contributed by atoms with Crippen LogP contribution in [0.4, 0.5) is 11.4 Å². The van der Waals surface area contributed by atoms with Gasteiger partial charge in [-0.15, -0.1) is 0 Å². The Hall–Kier alpha value is -2.36. The van der Waals surface area contributed by atoms with Crippen molar-refractivity contribution in [2.45, 2.75) is 41.5 Å². The molecule has 4 heteroatoms. The SMILES string of the molecule is Cc1cc(C)c(N)c(C)c1.Cc1cc(C)c([N+](=O)[O-])c(C)c1. The first-order valence-corrected chi connectivity index (χ1v) is 7.19. The summed E-state index contributed by atoms with van der Waals surface area (Å²) in [4.78, 5) is 10.2. The molecule has 0 saturated carbocycles. The Morgan fingerprint density at radius 1 is 0.773 bits per heavy atom. The molecule has 0 aromatic heterocycles. The Balaban J connectivity index is 0.000000224. The molecular weight excluding hydrogens is 276 g/mol. The third-order valence-electron chi connectivity index (χ3n) is 3.56. The fourth-order valence-electron chi connectivity index (χ4n) is 2.65. The van der Waals surface area contributed by atoms with Gasteiger partial charge in [-0.2, -0.15) is 0 Å². The molecule has 2 aromatic carbocycles. The zero-order chi connectivity index (χ0) is 17.0. The molecule has 2 aromatic rings. The summed E-state index contributed by atoms with van der Waals surface area (Å²) in [5.74, 6) is 0. The van der Waals surface area contributed by atoms with Crippen LogP contribution in [0.2, 0.25) is 0 Å². The molecule has 0 bridgehead atoms. The van der Waals surface area contributed by atoms with Crippen molar-refractivity contribution < 1.29 is 4.92 Å². The number of hydrogen-bond acceptors (Lipinski definition) is 3. The minimum atomic E-state index is -0.329. The van der Waals surface area contributed by atoms with Crippen molar-refractivity contribution in [3.8, 4) is 0 Å². The molecule has 2 N–H and O–H groups in total. The van der Waals surface area contributed by atoms with Crippen LogP contribution in [-0.4, -0.2) is 4.92 Å². The third-order valence-corrected chi connectivity index (χ3v) is 3.56. The molecule has 0 spiro atoms. The number of nitrogen functional groups attached to an aromatic ring is 1. The number of aryl methyl sites for hydroxylation is 6. The van der Waals surface area contributed by atoms with E-state index in [9.17, 15) is 10.1 Å². The molecule has 2 rings (SSSR count). The predicted molar refractivity (Wildman–Crippen MR) is 92.4 cm³/mol. The lowest BCUT2D eigenvalue weighted by Gasteiger charge is -2.04. The van der Waals surface area contributed by atoms with Crippen LogP contribution in [0, 0.1) is 51.7 Å². The highest BCUT2D eigenvalue weighted by molar-refractivity contribution is 5.54. The van der Waals surface area contributed by atoms with Gasteiger partial charge in [0.25, 0.3) is 5.69 Å². The first-order valence-electron chi connectivity index (χ1n) is 7.19. The molecular formula is C18H24N2O2. The summed E-state index contributed by atoms with van der Waals surface area (Å²) in [6.07, 6.45) is 0. The lowest BCUT2D eigenvalue weighted by molar-refractivity contribution is -0.386. The number of rotatable bonds is 1. The van der Waals surface area contributed by atoms with Crippen LogP contribution in [0.5, 0.6) is 0 Å². The maximum Gasteiger partial charge on any atom is 0.275 e. The van der Waals surface area contributed by atoms with Gasteiger partial charge in [-0.3, -0.25) is 10.1 Å². The minimum absolute atomic E-state index is 0.237. The second kappa shape index (κ2) is 7.07. The van der Waals surface area contributed by atoms with Crippen molar-refractivity contribution in [2.24, 2.45) is 0 Å². The van der Waals surface area contributed by atoms with Crippen LogP contribution < -0.4 is 5.73 Å². The van der Waals surface area contributed by atoms with Crippen molar-refractivity contribution in [3.63, 3.8) is 0 Å². The van der Waals surface area contributed by atoms with Crippen molar-refractivity contribution in [3.05, 3.63) is 67.8 Å². The molecule has 0 atom stereocenters. The van der Waals surface area contributed by atoms with E-state index >= 15 is 0 Å². The summed E-state index contributed by atoms with van der Waals surface area (Å²) >= 11 is 0. The van der Waals surface area contributed by atoms with Crippen molar-refractivity contribution >= 4 is 11.4 Å². The van der Waals surface area contributed by atoms with Gasteiger partial charge in [-0.25, -0.2) is 0 Å². The van der Waals surface area contributed by atoms with Gasteiger partial charge in [0.15, 0.2) is 0 Å². The molecule has 0 aliphatic rings. The Morgan fingerprint density at radius 3 is 1.41 bits per heavy atom. The summed E-state index contributed by atoms with van der Waals surface area (Å²) in [7, 11) is 0. The van der Waals surface area contributed by atoms with E-state index in [1.165, 1.54) is 16.7 Å². The van der Waals surface area contributed by atoms with Gasteiger partial charge in [0, 0.05) is 16.8 Å². The van der Waals surface area contributed by atoms with Gasteiger partial charge in [0.05, 0.1) is 4.92 Å². The lowest BCUT2D eigenvalue weighted by Crippen LogP contribution is -1.95. The first kappa shape index (κ1) is 17.7. The minimum Gasteiger partial charge on any atom is -0.398 e. The normalized spacial score (nSPS) is 9.91. The van der Waals surface area contributed by atoms with Gasteiger partial charge in [-0.05, 0) is 64.8 Å². The molecule has 0 aliphatic heterocycles. The van der Waals surface area contributed by atoms with Gasteiger partial charge in [0.1, 0.15) is 0 Å². The highest BCUT2D eigenvalue weighted by Crippen LogP contribution is 2.23. The third kappa shape index (κ3) is 4.32. The molecule has 0 unspecified atom stereocenters. The van der Waals surface area contributed by atoms with Gasteiger partial charge in [0.2, 0.25) is 0 Å². The predicted octanol–water partition coefficient (Wildman–Crippen LogP) is 4.71. The second-order valence-corrected chi connectivity index (χ2v) is 5.82. The van der Waals surface area contributed by atoms with Crippen molar-refractivity contribution in [1.29, 1.82) is 0 Å². The first-order chi connectivity index (χ1) is 10.1. The highest BCUT2D eigenvalue weighted by Gasteiger charge is 2.13. The number of nitrogens with zero attached hydrogens (tertiary/aromatic N) is 1. The summed E-state index contributed by atoms with van der Waals surface area (Å²) < 4.78 is 0. The number of hydrogen-bond donors (Lipinski definition) is 1. The van der Waals surface area contributed by atoms with Crippen molar-refractivity contribution in [2.75, 3.05) is 5.73 Å². The van der Waals surface area contributed by atoms with Crippen LogP contribution in [0.3, 0.4) is 0 Å². The van der Waals surface area contributed by atoms with Crippen molar-refractivity contribution in [1.82, 2.24) is 0 Å². The van der Waals surface area contributed by atoms with Crippen LogP contribution in [0.1, 0.15) is 33.4 Å². The van der Waals surface area contributed by atoms with Crippen LogP contribution >= 0.6 is 0 Å². The highest BCUT2D eigenvalue weighted by atomic mass is 16.6. The monoisotopic (exact) mass is 300 g/mol. The Kier molecular flexibility index (Phi) is 5.69. The molecule has 0 fully saturated rings. The van der Waals surface area contributed by atoms with E-state index < -0.39 is 0 Å². The lowest BCUT2D eigenvalue weighted by atomic mass is 10.1. The molecule has 118 valence electrons. The smallest absolute Gasteiger partial charge is 0.275 e. The van der Waals surface area contributed by atoms with E-state index in [4.69, 9.17) is 5.73 Å².